The summed E-state index contributed by atoms with van der Waals surface area (Å²) >= 11 is 8.68. The van der Waals surface area contributed by atoms with Crippen molar-refractivity contribution in [1.82, 2.24) is 15.1 Å². The van der Waals surface area contributed by atoms with Crippen molar-refractivity contribution < 1.29 is 19.2 Å². The van der Waals surface area contributed by atoms with E-state index in [2.05, 4.69) is 10.2 Å². The quantitative estimate of drug-likeness (QED) is 0.305. The zero-order valence-corrected chi connectivity index (χ0v) is 22.4. The first-order valence-electron chi connectivity index (χ1n) is 10.9. The number of ether oxygens (including phenoxy) is 1. The molecule has 9 nitrogen and oxygen atoms in total. The molecule has 12 heteroatoms. The van der Waals surface area contributed by atoms with E-state index in [-0.39, 0.29) is 11.6 Å². The molecule has 1 unspecified atom stereocenters. The molecular weight excluding hydrogens is 496 g/mol. The monoisotopic (exact) mass is 528 g/mol. The van der Waals surface area contributed by atoms with Crippen LogP contribution in [-0.4, -0.2) is 80.9 Å². The van der Waals surface area contributed by atoms with Crippen molar-refractivity contribution in [1.29, 1.82) is 0 Å². The van der Waals surface area contributed by atoms with Crippen molar-refractivity contribution in [2.75, 3.05) is 38.2 Å². The third kappa shape index (κ3) is 9.30. The third-order valence-corrected chi connectivity index (χ3v) is 7.20. The molecule has 1 aliphatic heterocycles. The second-order valence-electron chi connectivity index (χ2n) is 8.77. The Morgan fingerprint density at radius 3 is 2.29 bits per heavy atom. The minimum atomic E-state index is -0.634. The summed E-state index contributed by atoms with van der Waals surface area (Å²) < 4.78 is 6.06. The van der Waals surface area contributed by atoms with Crippen molar-refractivity contribution >= 4 is 57.7 Å². The molecule has 1 heterocycles. The zero-order chi connectivity index (χ0) is 25.3. The number of amides is 2. The largest absolute Gasteiger partial charge is 0.444 e. The normalized spacial score (nSPS) is 14.9. The molecule has 2 amide bonds. The Hall–Kier alpha value is -2.05. The van der Waals surface area contributed by atoms with E-state index < -0.39 is 22.7 Å². The summed E-state index contributed by atoms with van der Waals surface area (Å²) in [4.78, 5) is 39.5. The lowest BCUT2D eigenvalue weighted by atomic mass is 10.1. The van der Waals surface area contributed by atoms with Gasteiger partial charge in [0.1, 0.15) is 16.0 Å². The summed E-state index contributed by atoms with van der Waals surface area (Å²) in [7, 11) is 0. The number of benzene rings is 1. The number of non-ortho nitro benzene ring substituents is 1. The summed E-state index contributed by atoms with van der Waals surface area (Å²) in [6, 6.07) is 5.81. The maximum absolute atomic E-state index is 13.1. The maximum Gasteiger partial charge on any atom is 0.408 e. The molecular formula is C22H32N4O5S3. The van der Waals surface area contributed by atoms with Crippen LogP contribution in [0, 0.1) is 10.1 Å². The van der Waals surface area contributed by atoms with Crippen LogP contribution >= 0.6 is 35.7 Å². The van der Waals surface area contributed by atoms with E-state index in [4.69, 9.17) is 17.0 Å². The van der Waals surface area contributed by atoms with Crippen LogP contribution in [-0.2, 0) is 15.3 Å². The van der Waals surface area contributed by atoms with Gasteiger partial charge in [-0.1, -0.05) is 36.1 Å². The van der Waals surface area contributed by atoms with Crippen molar-refractivity contribution in [3.8, 4) is 0 Å². The second kappa shape index (κ2) is 13.1. The smallest absolute Gasteiger partial charge is 0.408 e. The van der Waals surface area contributed by atoms with Gasteiger partial charge in [-0.05, 0) is 44.8 Å². The van der Waals surface area contributed by atoms with Crippen LogP contribution in [0.4, 0.5) is 10.5 Å². The molecule has 1 aromatic carbocycles. The minimum Gasteiger partial charge on any atom is -0.444 e. The Morgan fingerprint density at radius 1 is 1.18 bits per heavy atom. The average molecular weight is 529 g/mol. The molecule has 188 valence electrons. The Kier molecular flexibility index (Phi) is 10.9. The Bertz CT molecular complexity index is 868. The van der Waals surface area contributed by atoms with Crippen molar-refractivity contribution in [3.05, 3.63) is 39.9 Å². The van der Waals surface area contributed by atoms with Gasteiger partial charge >= 0.3 is 6.09 Å². The summed E-state index contributed by atoms with van der Waals surface area (Å²) in [5, 5.41) is 13.5. The zero-order valence-electron chi connectivity index (χ0n) is 19.9. The van der Waals surface area contributed by atoms with Crippen LogP contribution in [0.5, 0.6) is 0 Å². The van der Waals surface area contributed by atoms with E-state index in [0.29, 0.717) is 38.4 Å². The summed E-state index contributed by atoms with van der Waals surface area (Å²) in [5.74, 6) is 1.26. The van der Waals surface area contributed by atoms with Gasteiger partial charge in [0.2, 0.25) is 5.91 Å². The number of alkyl carbamates (subject to hydrolysis) is 1. The van der Waals surface area contributed by atoms with Gasteiger partial charge in [0.15, 0.2) is 0 Å². The van der Waals surface area contributed by atoms with Gasteiger partial charge in [-0.15, -0.1) is 0 Å². The third-order valence-electron chi connectivity index (χ3n) is 4.96. The van der Waals surface area contributed by atoms with Gasteiger partial charge in [0, 0.05) is 44.1 Å². The van der Waals surface area contributed by atoms with Gasteiger partial charge in [-0.2, -0.15) is 11.8 Å². The van der Waals surface area contributed by atoms with Crippen LogP contribution < -0.4 is 5.32 Å². The number of piperazine rings is 1. The van der Waals surface area contributed by atoms with Gasteiger partial charge in [-0.3, -0.25) is 14.9 Å². The summed E-state index contributed by atoms with van der Waals surface area (Å²) in [6.07, 6.45) is 1.90. The van der Waals surface area contributed by atoms with Crippen molar-refractivity contribution in [3.63, 3.8) is 0 Å². The molecule has 1 N–H and O–H groups in total. The molecule has 0 saturated carbocycles. The fourth-order valence-electron chi connectivity index (χ4n) is 3.22. The maximum atomic E-state index is 13.1. The fourth-order valence-corrected chi connectivity index (χ4v) is 4.90. The van der Waals surface area contributed by atoms with Crippen LogP contribution in [0.25, 0.3) is 0 Å². The van der Waals surface area contributed by atoms with Gasteiger partial charge in [-0.25, -0.2) is 4.79 Å². The standard InChI is InChI=1S/C22H32N4O5S3/c1-22(2,3)31-20(28)23-18(9-14-33-4)19(27)24-10-12-25(13-11-24)21(32)34-15-16-5-7-17(8-6-16)26(29)30/h5-8,18H,9-15H2,1-4H3,(H,23,28). The van der Waals surface area contributed by atoms with E-state index in [1.807, 2.05) is 6.26 Å². The van der Waals surface area contributed by atoms with Crippen molar-refractivity contribution in [2.24, 2.45) is 0 Å². The first-order valence-corrected chi connectivity index (χ1v) is 13.7. The van der Waals surface area contributed by atoms with E-state index in [0.717, 1.165) is 15.6 Å². The highest BCUT2D eigenvalue weighted by atomic mass is 32.2. The molecule has 0 aliphatic carbocycles. The number of hydrogen-bond donors (Lipinski definition) is 1. The predicted molar refractivity (Wildman–Crippen MR) is 141 cm³/mol. The molecule has 1 aliphatic rings. The number of rotatable bonds is 8. The number of carbonyl (C=O) groups excluding carboxylic acids is 2. The number of nitrogens with zero attached hydrogens (tertiary/aromatic N) is 3. The number of thioether (sulfide) groups is 2. The molecule has 0 radical (unpaired) electrons. The molecule has 1 atom stereocenters. The topological polar surface area (TPSA) is 105 Å². The van der Waals surface area contributed by atoms with Crippen LogP contribution in [0.1, 0.15) is 32.8 Å². The molecule has 0 spiro atoms. The Labute approximate surface area is 214 Å². The van der Waals surface area contributed by atoms with Gasteiger partial charge < -0.3 is 19.9 Å². The molecule has 0 bridgehead atoms. The van der Waals surface area contributed by atoms with Gasteiger partial charge in [0.25, 0.3) is 5.69 Å². The number of hydrogen-bond acceptors (Lipinski definition) is 8. The average Bonchev–Trinajstić information content (AvgIpc) is 2.79. The van der Waals surface area contributed by atoms with Crippen LogP contribution in [0.2, 0.25) is 0 Å². The lowest BCUT2D eigenvalue weighted by molar-refractivity contribution is -0.384. The van der Waals surface area contributed by atoms with Crippen LogP contribution in [0.15, 0.2) is 24.3 Å². The Balaban J connectivity index is 1.85. The number of nitro benzene ring substituents is 1. The number of nitro groups is 1. The lowest BCUT2D eigenvalue weighted by Crippen LogP contribution is -2.55. The number of thiocarbonyl (C=S) groups is 1. The van der Waals surface area contributed by atoms with E-state index >= 15 is 0 Å². The van der Waals surface area contributed by atoms with E-state index in [9.17, 15) is 19.7 Å². The summed E-state index contributed by atoms with van der Waals surface area (Å²) in [5.41, 5.74) is 0.385. The second-order valence-corrected chi connectivity index (χ2v) is 11.4. The SMILES string of the molecule is CSCCC(NC(=O)OC(C)(C)C)C(=O)N1CCN(C(=S)SCc2ccc([N+](=O)[O-])cc2)CC1. The fraction of sp³-hybridized carbons (Fsp3) is 0.591. The highest BCUT2D eigenvalue weighted by Gasteiger charge is 2.30. The highest BCUT2D eigenvalue weighted by molar-refractivity contribution is 8.22. The predicted octanol–water partition coefficient (Wildman–Crippen LogP) is 3.90. The Morgan fingerprint density at radius 2 is 1.76 bits per heavy atom. The first kappa shape index (κ1) is 28.2. The minimum absolute atomic E-state index is 0.0640. The highest BCUT2D eigenvalue weighted by Crippen LogP contribution is 2.21. The molecule has 2 rings (SSSR count). The van der Waals surface area contributed by atoms with Crippen molar-refractivity contribution in [2.45, 2.75) is 44.6 Å². The molecule has 1 aromatic rings. The van der Waals surface area contributed by atoms with E-state index in [1.165, 1.54) is 23.9 Å². The molecule has 0 aromatic heterocycles. The lowest BCUT2D eigenvalue weighted by Gasteiger charge is -2.37. The number of nitrogens with one attached hydrogen (secondary N) is 1. The number of carbonyl (C=O) groups is 2. The molecule has 1 fully saturated rings. The first-order chi connectivity index (χ1) is 16.0. The summed E-state index contributed by atoms with van der Waals surface area (Å²) in [6.45, 7) is 7.61. The molecule has 34 heavy (non-hydrogen) atoms. The molecule has 1 saturated heterocycles. The van der Waals surface area contributed by atoms with Crippen LogP contribution in [0.3, 0.4) is 0 Å². The van der Waals surface area contributed by atoms with E-state index in [1.54, 1.807) is 49.6 Å². The van der Waals surface area contributed by atoms with Gasteiger partial charge in [0.05, 0.1) is 4.92 Å².